The lowest BCUT2D eigenvalue weighted by Crippen LogP contribution is -2.49. The van der Waals surface area contributed by atoms with Gasteiger partial charge in [-0.2, -0.15) is 4.31 Å². The molecular weight excluding hydrogens is 368 g/mol. The summed E-state index contributed by atoms with van der Waals surface area (Å²) in [4.78, 5) is 2.69. The molecule has 0 aromatic heterocycles. The molecule has 2 aliphatic heterocycles. The number of nitrogens with one attached hydrogen (secondary N) is 2. The molecule has 0 aliphatic carbocycles. The van der Waals surface area contributed by atoms with Crippen LogP contribution >= 0.6 is 15.9 Å². The maximum atomic E-state index is 12.7. The van der Waals surface area contributed by atoms with Crippen molar-refractivity contribution in [1.82, 2.24) is 19.8 Å². The Balaban J connectivity index is 2.09. The summed E-state index contributed by atoms with van der Waals surface area (Å²) in [7, 11) is -3.38. The average Bonchev–Trinajstić information content (AvgIpc) is 2.53. The van der Waals surface area contributed by atoms with Crippen molar-refractivity contribution in [3.8, 4) is 0 Å². The van der Waals surface area contributed by atoms with Gasteiger partial charge < -0.3 is 15.5 Å². The lowest BCUT2D eigenvalue weighted by atomic mass is 10.3. The van der Waals surface area contributed by atoms with Gasteiger partial charge in [0.25, 0.3) is 0 Å². The third kappa shape index (κ3) is 4.04. The van der Waals surface area contributed by atoms with Crippen LogP contribution in [0.4, 0.5) is 0 Å². The Labute approximate surface area is 141 Å². The number of rotatable bonds is 6. The molecule has 0 unspecified atom stereocenters. The number of sulfonamides is 1. The fourth-order valence-electron chi connectivity index (χ4n) is 2.54. The molecule has 0 aromatic rings. The average molecular weight is 393 g/mol. The highest BCUT2D eigenvalue weighted by Crippen LogP contribution is 2.23. The zero-order chi connectivity index (χ0) is 16.2. The topological polar surface area (TPSA) is 64.7 Å². The minimum atomic E-state index is -3.38. The van der Waals surface area contributed by atoms with Crippen molar-refractivity contribution in [2.45, 2.75) is 20.3 Å². The van der Waals surface area contributed by atoms with Gasteiger partial charge in [0.2, 0.25) is 10.0 Å². The molecule has 1 fully saturated rings. The van der Waals surface area contributed by atoms with Crippen LogP contribution in [-0.2, 0) is 10.0 Å². The smallest absolute Gasteiger partial charge is 0.241 e. The Morgan fingerprint density at radius 3 is 2.50 bits per heavy atom. The first-order valence-corrected chi connectivity index (χ1v) is 10.0. The second-order valence-corrected chi connectivity index (χ2v) is 8.30. The molecule has 6 nitrogen and oxygen atoms in total. The molecule has 0 aromatic carbocycles. The van der Waals surface area contributed by atoms with Crippen LogP contribution in [-0.4, -0.2) is 63.4 Å². The minimum absolute atomic E-state index is 0.331. The molecule has 2 aliphatic rings. The lowest BCUT2D eigenvalue weighted by molar-refractivity contribution is 0.197. The van der Waals surface area contributed by atoms with E-state index in [1.54, 1.807) is 10.4 Å². The van der Waals surface area contributed by atoms with Crippen LogP contribution in [0, 0.1) is 0 Å². The van der Waals surface area contributed by atoms with Crippen LogP contribution in [0.3, 0.4) is 0 Å². The summed E-state index contributed by atoms with van der Waals surface area (Å²) in [6.45, 7) is 9.08. The van der Waals surface area contributed by atoms with Gasteiger partial charge >= 0.3 is 0 Å². The molecule has 0 bridgehead atoms. The number of likely N-dealkylation sites (N-methyl/N-ethyl adjacent to an activating group) is 1. The fraction of sp³-hybridized carbons (Fsp3) is 0.714. The number of piperazine rings is 1. The van der Waals surface area contributed by atoms with Gasteiger partial charge in [0.1, 0.15) is 5.82 Å². The quantitative estimate of drug-likeness (QED) is 0.705. The van der Waals surface area contributed by atoms with E-state index in [9.17, 15) is 8.42 Å². The van der Waals surface area contributed by atoms with Crippen molar-refractivity contribution < 1.29 is 8.42 Å². The SMILES string of the molecule is CCCNC1=C(Br)C=C(S(=O)(=O)N2CCN(CC)CC2)CN1. The van der Waals surface area contributed by atoms with Crippen molar-refractivity contribution in [2.75, 3.05) is 45.8 Å². The summed E-state index contributed by atoms with van der Waals surface area (Å²) in [5, 5.41) is 6.40. The van der Waals surface area contributed by atoms with Crippen molar-refractivity contribution >= 4 is 26.0 Å². The maximum Gasteiger partial charge on any atom is 0.241 e. The molecule has 2 N–H and O–H groups in total. The standard InChI is InChI=1S/C14H25BrN4O2S/c1-3-5-16-14-13(15)10-12(11-17-14)22(20,21)19-8-6-18(4-2)7-9-19/h10,16-17H,3-9,11H2,1-2H3. The number of dihydropyridines is 1. The summed E-state index contributed by atoms with van der Waals surface area (Å²) in [5.41, 5.74) is 0. The van der Waals surface area contributed by atoms with Gasteiger partial charge in [-0.05, 0) is 35.0 Å². The Morgan fingerprint density at radius 1 is 1.27 bits per heavy atom. The normalized spacial score (nSPS) is 21.5. The third-order valence-corrected chi connectivity index (χ3v) is 6.56. The molecular formula is C14H25BrN4O2S. The van der Waals surface area contributed by atoms with Gasteiger partial charge in [-0.25, -0.2) is 8.42 Å². The largest absolute Gasteiger partial charge is 0.371 e. The van der Waals surface area contributed by atoms with Gasteiger partial charge in [-0.3, -0.25) is 0 Å². The number of halogens is 1. The molecule has 0 radical (unpaired) electrons. The molecule has 0 saturated carbocycles. The summed E-state index contributed by atoms with van der Waals surface area (Å²) < 4.78 is 27.8. The molecule has 0 amide bonds. The van der Waals surface area contributed by atoms with Gasteiger partial charge in [-0.1, -0.05) is 13.8 Å². The molecule has 2 heterocycles. The van der Waals surface area contributed by atoms with E-state index in [0.29, 0.717) is 24.5 Å². The molecule has 8 heteroatoms. The molecule has 1 saturated heterocycles. The molecule has 22 heavy (non-hydrogen) atoms. The highest BCUT2D eigenvalue weighted by atomic mass is 79.9. The zero-order valence-electron chi connectivity index (χ0n) is 13.2. The van der Waals surface area contributed by atoms with E-state index < -0.39 is 10.0 Å². The minimum Gasteiger partial charge on any atom is -0.371 e. The molecule has 126 valence electrons. The Hall–Kier alpha value is -0.570. The van der Waals surface area contributed by atoms with E-state index in [1.165, 1.54) is 0 Å². The lowest BCUT2D eigenvalue weighted by Gasteiger charge is -2.34. The predicted octanol–water partition coefficient (Wildman–Crippen LogP) is 1.00. The number of hydrogen-bond acceptors (Lipinski definition) is 5. The van der Waals surface area contributed by atoms with Gasteiger partial charge in [0, 0.05) is 32.7 Å². The van der Waals surface area contributed by atoms with Crippen molar-refractivity contribution in [1.29, 1.82) is 0 Å². The van der Waals surface area contributed by atoms with E-state index in [4.69, 9.17) is 0 Å². The van der Waals surface area contributed by atoms with Gasteiger partial charge in [-0.15, -0.1) is 0 Å². The van der Waals surface area contributed by atoms with E-state index >= 15 is 0 Å². The van der Waals surface area contributed by atoms with E-state index in [2.05, 4.69) is 45.3 Å². The van der Waals surface area contributed by atoms with Crippen LogP contribution in [0.5, 0.6) is 0 Å². The van der Waals surface area contributed by atoms with Crippen LogP contribution in [0.15, 0.2) is 21.3 Å². The summed E-state index contributed by atoms with van der Waals surface area (Å²) >= 11 is 3.45. The van der Waals surface area contributed by atoms with Crippen molar-refractivity contribution in [3.05, 3.63) is 21.3 Å². The van der Waals surface area contributed by atoms with E-state index in [1.807, 2.05) is 0 Å². The van der Waals surface area contributed by atoms with Crippen molar-refractivity contribution in [3.63, 3.8) is 0 Å². The predicted molar refractivity (Wildman–Crippen MR) is 92.9 cm³/mol. The number of hydrogen-bond donors (Lipinski definition) is 2. The Bertz CT molecular complexity index is 551. The summed E-state index contributed by atoms with van der Waals surface area (Å²) in [5.74, 6) is 0.858. The Morgan fingerprint density at radius 2 is 1.95 bits per heavy atom. The van der Waals surface area contributed by atoms with Crippen LogP contribution in [0.25, 0.3) is 0 Å². The molecule has 2 rings (SSSR count). The number of nitrogens with zero attached hydrogens (tertiary/aromatic N) is 2. The summed E-state index contributed by atoms with van der Waals surface area (Å²) in [6.07, 6.45) is 2.73. The fourth-order valence-corrected chi connectivity index (χ4v) is 4.74. The number of allylic oxidation sites excluding steroid dienone is 2. The summed E-state index contributed by atoms with van der Waals surface area (Å²) in [6, 6.07) is 0. The zero-order valence-corrected chi connectivity index (χ0v) is 15.6. The first-order chi connectivity index (χ1) is 10.5. The Kier molecular flexibility index (Phi) is 6.31. The van der Waals surface area contributed by atoms with Crippen LogP contribution < -0.4 is 10.6 Å². The molecule has 0 spiro atoms. The van der Waals surface area contributed by atoms with Gasteiger partial charge in [0.05, 0.1) is 15.9 Å². The third-order valence-electron chi connectivity index (χ3n) is 3.97. The second kappa shape index (κ2) is 7.81. The highest BCUT2D eigenvalue weighted by molar-refractivity contribution is 9.11. The highest BCUT2D eigenvalue weighted by Gasteiger charge is 2.31. The first kappa shape index (κ1) is 17.8. The van der Waals surface area contributed by atoms with Crippen LogP contribution in [0.1, 0.15) is 20.3 Å². The monoisotopic (exact) mass is 392 g/mol. The van der Waals surface area contributed by atoms with Crippen molar-refractivity contribution in [2.24, 2.45) is 0 Å². The van der Waals surface area contributed by atoms with E-state index in [-0.39, 0.29) is 0 Å². The van der Waals surface area contributed by atoms with Crippen LogP contribution in [0.2, 0.25) is 0 Å². The first-order valence-electron chi connectivity index (χ1n) is 7.79. The second-order valence-electron chi connectivity index (χ2n) is 5.45. The van der Waals surface area contributed by atoms with E-state index in [0.717, 1.165) is 42.9 Å². The maximum absolute atomic E-state index is 12.7. The molecule has 0 atom stereocenters. The van der Waals surface area contributed by atoms with Gasteiger partial charge in [0.15, 0.2) is 0 Å².